The third kappa shape index (κ3) is 2.27. The maximum Gasteiger partial charge on any atom is 0.140 e. The van der Waals surface area contributed by atoms with Crippen LogP contribution in [-0.2, 0) is 13.5 Å². The second-order valence-corrected chi connectivity index (χ2v) is 5.54. The molecular weight excluding hydrogens is 270 g/mol. The lowest BCUT2D eigenvalue weighted by molar-refractivity contribution is 0.949. The van der Waals surface area contributed by atoms with Crippen molar-refractivity contribution < 1.29 is 0 Å². The molecule has 0 spiro atoms. The molecule has 22 heavy (non-hydrogen) atoms. The van der Waals surface area contributed by atoms with E-state index in [0.717, 1.165) is 18.6 Å². The predicted octanol–water partition coefficient (Wildman–Crippen LogP) is 4.26. The highest BCUT2D eigenvalue weighted by Crippen LogP contribution is 2.35. The molecule has 3 aromatic rings. The minimum absolute atomic E-state index is 1.04. The van der Waals surface area contributed by atoms with Crippen LogP contribution < -0.4 is 4.90 Å². The highest BCUT2D eigenvalue weighted by atomic mass is 15.1. The first-order chi connectivity index (χ1) is 10.7. The fourth-order valence-corrected chi connectivity index (χ4v) is 3.15. The summed E-state index contributed by atoms with van der Waals surface area (Å²) in [6.45, 7) is 5.12. The van der Waals surface area contributed by atoms with Crippen molar-refractivity contribution in [1.29, 1.82) is 0 Å². The van der Waals surface area contributed by atoms with Crippen LogP contribution in [0.15, 0.2) is 42.7 Å². The van der Waals surface area contributed by atoms with Gasteiger partial charge in [0.1, 0.15) is 5.65 Å². The van der Waals surface area contributed by atoms with Crippen LogP contribution in [0.5, 0.6) is 0 Å². The Hall–Kier alpha value is -2.29. The average molecular weight is 293 g/mol. The molecule has 3 heterocycles. The number of fused-ring (bicyclic) bond motifs is 2. The van der Waals surface area contributed by atoms with Crippen LogP contribution in [0.25, 0.3) is 22.2 Å². The summed E-state index contributed by atoms with van der Waals surface area (Å²) in [7, 11) is 4.22. The third-order valence-corrected chi connectivity index (χ3v) is 4.26. The molecule has 0 aliphatic carbocycles. The van der Waals surface area contributed by atoms with Crippen LogP contribution in [0.3, 0.4) is 0 Å². The molecule has 3 heteroatoms. The van der Waals surface area contributed by atoms with Crippen molar-refractivity contribution in [3.05, 3.63) is 48.3 Å². The van der Waals surface area contributed by atoms with Crippen LogP contribution in [0.4, 0.5) is 5.69 Å². The molecule has 1 aliphatic rings. The summed E-state index contributed by atoms with van der Waals surface area (Å²) in [4.78, 5) is 6.80. The smallest absolute Gasteiger partial charge is 0.140 e. The Bertz CT molecular complexity index is 802. The molecule has 0 fully saturated rings. The molecule has 0 bridgehead atoms. The van der Waals surface area contributed by atoms with Gasteiger partial charge in [0, 0.05) is 49.7 Å². The molecule has 2 aromatic heterocycles. The topological polar surface area (TPSA) is 21.1 Å². The molecule has 0 saturated heterocycles. The Morgan fingerprint density at radius 3 is 2.73 bits per heavy atom. The van der Waals surface area contributed by atoms with Gasteiger partial charge in [-0.1, -0.05) is 26.0 Å². The fraction of sp³-hybridized carbons (Fsp3) is 0.316. The van der Waals surface area contributed by atoms with E-state index in [1.807, 2.05) is 26.1 Å². The lowest BCUT2D eigenvalue weighted by Crippen LogP contribution is -2.12. The van der Waals surface area contributed by atoms with Crippen molar-refractivity contribution in [3.63, 3.8) is 0 Å². The van der Waals surface area contributed by atoms with Crippen LogP contribution in [0.1, 0.15) is 19.4 Å². The second kappa shape index (κ2) is 5.84. The summed E-state index contributed by atoms with van der Waals surface area (Å²) >= 11 is 0. The maximum absolute atomic E-state index is 4.47. The van der Waals surface area contributed by atoms with Crippen molar-refractivity contribution >= 4 is 16.7 Å². The first-order valence-electron chi connectivity index (χ1n) is 7.98. The standard InChI is InChI=1S/C17H17N3.C2H6/c1-19-9-7-12-5-6-13(10-16(12)19)15-11-20(2)17-14(15)4-3-8-18-17;1-2/h3-6,8,10-11H,7,9H2,1-2H3;1-2H3. The second-order valence-electron chi connectivity index (χ2n) is 5.54. The van der Waals surface area contributed by atoms with Gasteiger partial charge < -0.3 is 9.47 Å². The van der Waals surface area contributed by atoms with Gasteiger partial charge in [-0.3, -0.25) is 0 Å². The molecule has 1 aromatic carbocycles. The normalized spacial score (nSPS) is 13.0. The van der Waals surface area contributed by atoms with Gasteiger partial charge in [-0.15, -0.1) is 0 Å². The number of benzene rings is 1. The van der Waals surface area contributed by atoms with Crippen LogP contribution >= 0.6 is 0 Å². The molecule has 0 unspecified atom stereocenters. The fourth-order valence-electron chi connectivity index (χ4n) is 3.15. The Kier molecular flexibility index (Phi) is 3.88. The Labute approximate surface area is 132 Å². The van der Waals surface area contributed by atoms with E-state index in [0.29, 0.717) is 0 Å². The van der Waals surface area contributed by atoms with Gasteiger partial charge in [-0.2, -0.15) is 0 Å². The number of hydrogen-bond acceptors (Lipinski definition) is 2. The summed E-state index contributed by atoms with van der Waals surface area (Å²) in [6, 6.07) is 11.0. The summed E-state index contributed by atoms with van der Waals surface area (Å²) in [5, 5.41) is 1.22. The highest BCUT2D eigenvalue weighted by Gasteiger charge is 2.17. The first-order valence-corrected chi connectivity index (χ1v) is 7.98. The summed E-state index contributed by atoms with van der Waals surface area (Å²) in [5.74, 6) is 0. The molecule has 0 amide bonds. The zero-order valence-electron chi connectivity index (χ0n) is 13.8. The van der Waals surface area contributed by atoms with E-state index in [9.17, 15) is 0 Å². The minimum Gasteiger partial charge on any atom is -0.374 e. The summed E-state index contributed by atoms with van der Waals surface area (Å²) in [5.41, 5.74) is 6.39. The minimum atomic E-state index is 1.04. The van der Waals surface area contributed by atoms with Gasteiger partial charge in [0.05, 0.1) is 0 Å². The highest BCUT2D eigenvalue weighted by molar-refractivity contribution is 5.94. The van der Waals surface area contributed by atoms with Crippen LogP contribution in [-0.4, -0.2) is 23.1 Å². The van der Waals surface area contributed by atoms with Gasteiger partial charge in [0.2, 0.25) is 0 Å². The molecule has 4 rings (SSSR count). The first kappa shape index (κ1) is 14.6. The molecular formula is C19H23N3. The molecule has 0 atom stereocenters. The van der Waals surface area contributed by atoms with Gasteiger partial charge in [-0.05, 0) is 35.7 Å². The van der Waals surface area contributed by atoms with Crippen molar-refractivity contribution in [2.24, 2.45) is 7.05 Å². The lowest BCUT2D eigenvalue weighted by Gasteiger charge is -2.12. The average Bonchev–Trinajstić information content (AvgIpc) is 3.11. The third-order valence-electron chi connectivity index (χ3n) is 4.26. The number of rotatable bonds is 1. The summed E-state index contributed by atoms with van der Waals surface area (Å²) < 4.78 is 2.10. The van der Waals surface area contributed by atoms with E-state index < -0.39 is 0 Å². The van der Waals surface area contributed by atoms with Crippen molar-refractivity contribution in [2.75, 3.05) is 18.5 Å². The number of nitrogens with zero attached hydrogens (tertiary/aromatic N) is 3. The maximum atomic E-state index is 4.47. The van der Waals surface area contributed by atoms with E-state index in [1.54, 1.807) is 0 Å². The Balaban J connectivity index is 0.000000693. The van der Waals surface area contributed by atoms with E-state index in [-0.39, 0.29) is 0 Å². The lowest BCUT2D eigenvalue weighted by atomic mass is 10.0. The van der Waals surface area contributed by atoms with Crippen molar-refractivity contribution in [3.8, 4) is 11.1 Å². The van der Waals surface area contributed by atoms with E-state index >= 15 is 0 Å². The van der Waals surface area contributed by atoms with E-state index in [4.69, 9.17) is 0 Å². The van der Waals surface area contributed by atoms with Crippen LogP contribution in [0.2, 0.25) is 0 Å². The molecule has 3 nitrogen and oxygen atoms in total. The van der Waals surface area contributed by atoms with Crippen LogP contribution in [0, 0.1) is 0 Å². The van der Waals surface area contributed by atoms with Crippen molar-refractivity contribution in [1.82, 2.24) is 9.55 Å². The molecule has 0 saturated carbocycles. The largest absolute Gasteiger partial charge is 0.374 e. The van der Waals surface area contributed by atoms with E-state index in [1.165, 1.54) is 27.8 Å². The molecule has 114 valence electrons. The monoisotopic (exact) mass is 293 g/mol. The zero-order valence-corrected chi connectivity index (χ0v) is 13.8. The van der Waals surface area contributed by atoms with Crippen molar-refractivity contribution in [2.45, 2.75) is 20.3 Å². The Morgan fingerprint density at radius 2 is 1.91 bits per heavy atom. The van der Waals surface area contributed by atoms with Gasteiger partial charge in [0.15, 0.2) is 0 Å². The summed E-state index contributed by atoms with van der Waals surface area (Å²) in [6.07, 6.45) is 5.18. The number of hydrogen-bond donors (Lipinski definition) is 0. The van der Waals surface area contributed by atoms with Gasteiger partial charge >= 0.3 is 0 Å². The molecule has 0 N–H and O–H groups in total. The number of likely N-dealkylation sites (N-methyl/N-ethyl adjacent to an activating group) is 1. The molecule has 1 aliphatic heterocycles. The van der Waals surface area contributed by atoms with Gasteiger partial charge in [-0.25, -0.2) is 4.98 Å². The zero-order chi connectivity index (χ0) is 15.7. The van der Waals surface area contributed by atoms with E-state index in [2.05, 4.69) is 59.0 Å². The number of pyridine rings is 1. The number of aryl methyl sites for hydroxylation is 1. The van der Waals surface area contributed by atoms with Gasteiger partial charge in [0.25, 0.3) is 0 Å². The molecule has 0 radical (unpaired) electrons. The predicted molar refractivity (Wildman–Crippen MR) is 94.5 cm³/mol. The number of anilines is 1. The SMILES string of the molecule is CC.CN1CCc2ccc(-c3cn(C)c4ncccc34)cc21. The quantitative estimate of drug-likeness (QED) is 0.668. The number of aromatic nitrogens is 2. The Morgan fingerprint density at radius 1 is 1.09 bits per heavy atom.